The molecule has 2 aromatic carbocycles. The molecular weight excluding hydrogens is 408 g/mol. The maximum absolute atomic E-state index is 12.3. The molecule has 1 saturated heterocycles. The van der Waals surface area contributed by atoms with Crippen LogP contribution in [0.1, 0.15) is 30.4 Å². The Morgan fingerprint density at radius 1 is 1.00 bits per heavy atom. The summed E-state index contributed by atoms with van der Waals surface area (Å²) < 4.78 is 24.6. The van der Waals surface area contributed by atoms with Crippen LogP contribution in [0.3, 0.4) is 0 Å². The molecular formula is C24H34N4O2S. The Morgan fingerprint density at radius 2 is 1.61 bits per heavy atom. The van der Waals surface area contributed by atoms with Gasteiger partial charge in [-0.25, -0.2) is 8.42 Å². The molecule has 2 aromatic rings. The average Bonchev–Trinajstić information content (AvgIpc) is 2.78. The first kappa shape index (κ1) is 23.3. The maximum Gasteiger partial charge on any atom is 0.191 e. The van der Waals surface area contributed by atoms with Crippen LogP contribution in [-0.4, -0.2) is 57.8 Å². The topological polar surface area (TPSA) is 73.8 Å². The predicted octanol–water partition coefficient (Wildman–Crippen LogP) is 2.82. The van der Waals surface area contributed by atoms with Gasteiger partial charge in [-0.15, -0.1) is 0 Å². The van der Waals surface area contributed by atoms with E-state index in [0.717, 1.165) is 44.0 Å². The fourth-order valence-electron chi connectivity index (χ4n) is 3.86. The van der Waals surface area contributed by atoms with Gasteiger partial charge >= 0.3 is 0 Å². The van der Waals surface area contributed by atoms with Gasteiger partial charge < -0.3 is 10.6 Å². The molecule has 1 heterocycles. The highest BCUT2D eigenvalue weighted by Crippen LogP contribution is 2.14. The van der Waals surface area contributed by atoms with Gasteiger partial charge in [-0.2, -0.15) is 0 Å². The average molecular weight is 443 g/mol. The molecule has 0 radical (unpaired) electrons. The molecule has 3 rings (SSSR count). The van der Waals surface area contributed by atoms with E-state index in [1.807, 2.05) is 30.3 Å². The molecule has 0 bridgehead atoms. The third-order valence-corrected chi connectivity index (χ3v) is 7.24. The van der Waals surface area contributed by atoms with Crippen LogP contribution >= 0.6 is 0 Å². The van der Waals surface area contributed by atoms with Gasteiger partial charge in [0.25, 0.3) is 0 Å². The fourth-order valence-corrected chi connectivity index (χ4v) is 5.29. The van der Waals surface area contributed by atoms with Crippen molar-refractivity contribution < 1.29 is 8.42 Å². The first-order valence-electron chi connectivity index (χ1n) is 11.0. The first-order valence-corrected chi connectivity index (χ1v) is 12.8. The summed E-state index contributed by atoms with van der Waals surface area (Å²) in [4.78, 5) is 6.79. The van der Waals surface area contributed by atoms with E-state index in [1.165, 1.54) is 5.56 Å². The lowest BCUT2D eigenvalue weighted by Gasteiger charge is -2.33. The van der Waals surface area contributed by atoms with Gasteiger partial charge in [0.2, 0.25) is 0 Å². The number of guanidine groups is 1. The van der Waals surface area contributed by atoms with Gasteiger partial charge in [0, 0.05) is 39.3 Å². The lowest BCUT2D eigenvalue weighted by atomic mass is 10.0. The predicted molar refractivity (Wildman–Crippen MR) is 128 cm³/mol. The van der Waals surface area contributed by atoms with Gasteiger partial charge in [-0.1, -0.05) is 60.7 Å². The summed E-state index contributed by atoms with van der Waals surface area (Å²) in [5.41, 5.74) is 2.19. The lowest BCUT2D eigenvalue weighted by Crippen LogP contribution is -2.48. The van der Waals surface area contributed by atoms with Gasteiger partial charge in [-0.05, 0) is 30.4 Å². The van der Waals surface area contributed by atoms with Crippen LogP contribution in [0.25, 0.3) is 0 Å². The molecule has 1 aliphatic heterocycles. The second kappa shape index (κ2) is 11.9. The van der Waals surface area contributed by atoms with Crippen LogP contribution in [0.5, 0.6) is 0 Å². The monoisotopic (exact) mass is 442 g/mol. The van der Waals surface area contributed by atoms with Crippen LogP contribution in [0.2, 0.25) is 0 Å². The van der Waals surface area contributed by atoms with Crippen molar-refractivity contribution in [2.24, 2.45) is 4.99 Å². The second-order valence-corrected chi connectivity index (χ2v) is 10.3. The van der Waals surface area contributed by atoms with Crippen molar-refractivity contribution in [1.82, 2.24) is 15.5 Å². The summed E-state index contributed by atoms with van der Waals surface area (Å²) in [5, 5.41) is 6.76. The number of hydrogen-bond donors (Lipinski definition) is 2. The summed E-state index contributed by atoms with van der Waals surface area (Å²) in [6, 6.07) is 20.3. The number of nitrogens with one attached hydrogen (secondary N) is 2. The minimum absolute atomic E-state index is 0.0996. The van der Waals surface area contributed by atoms with Crippen molar-refractivity contribution >= 4 is 15.8 Å². The maximum atomic E-state index is 12.3. The number of benzene rings is 2. The molecule has 0 spiro atoms. The Bertz CT molecular complexity index is 909. The molecule has 7 heteroatoms. The van der Waals surface area contributed by atoms with Crippen molar-refractivity contribution in [3.8, 4) is 0 Å². The minimum Gasteiger partial charge on any atom is -0.356 e. The molecule has 1 aliphatic rings. The largest absolute Gasteiger partial charge is 0.356 e. The molecule has 6 nitrogen and oxygen atoms in total. The standard InChI is InChI=1S/C24H34N4O2S/c1-25-24(26-15-8-18-31(29,30)20-22-11-6-3-7-12-22)27-23-13-16-28(17-14-23)19-21-9-4-2-5-10-21/h2-7,9-12,23H,8,13-20H2,1H3,(H2,25,26,27). The quantitative estimate of drug-likeness (QED) is 0.355. The van der Waals surface area contributed by atoms with E-state index in [1.54, 1.807) is 7.05 Å². The molecule has 0 unspecified atom stereocenters. The Balaban J connectivity index is 1.33. The van der Waals surface area contributed by atoms with E-state index in [0.29, 0.717) is 19.0 Å². The molecule has 0 aromatic heterocycles. The van der Waals surface area contributed by atoms with Crippen LogP contribution in [-0.2, 0) is 22.1 Å². The number of aliphatic imine (C=N–C) groups is 1. The minimum atomic E-state index is -3.10. The van der Waals surface area contributed by atoms with E-state index in [2.05, 4.69) is 50.9 Å². The highest BCUT2D eigenvalue weighted by atomic mass is 32.2. The van der Waals surface area contributed by atoms with Crippen LogP contribution in [0, 0.1) is 0 Å². The van der Waals surface area contributed by atoms with Crippen LogP contribution < -0.4 is 10.6 Å². The van der Waals surface area contributed by atoms with E-state index in [-0.39, 0.29) is 11.5 Å². The van der Waals surface area contributed by atoms with E-state index < -0.39 is 9.84 Å². The summed E-state index contributed by atoms with van der Waals surface area (Å²) in [6.07, 6.45) is 2.70. The number of hydrogen-bond acceptors (Lipinski definition) is 4. The Labute approximate surface area is 186 Å². The number of sulfone groups is 1. The summed E-state index contributed by atoms with van der Waals surface area (Å²) >= 11 is 0. The summed E-state index contributed by atoms with van der Waals surface area (Å²) in [6.45, 7) is 3.70. The third kappa shape index (κ3) is 8.34. The molecule has 168 valence electrons. The molecule has 0 aliphatic carbocycles. The Kier molecular flexibility index (Phi) is 8.91. The normalized spacial score (nSPS) is 16.2. The second-order valence-electron chi connectivity index (χ2n) is 8.11. The fraction of sp³-hybridized carbons (Fsp3) is 0.458. The van der Waals surface area contributed by atoms with E-state index >= 15 is 0 Å². The molecule has 0 amide bonds. The molecule has 0 saturated carbocycles. The van der Waals surface area contributed by atoms with E-state index in [9.17, 15) is 8.42 Å². The van der Waals surface area contributed by atoms with Crippen molar-refractivity contribution in [3.63, 3.8) is 0 Å². The van der Waals surface area contributed by atoms with Crippen molar-refractivity contribution in [2.75, 3.05) is 32.4 Å². The first-order chi connectivity index (χ1) is 15.0. The number of likely N-dealkylation sites (tertiary alicyclic amines) is 1. The zero-order chi connectivity index (χ0) is 21.9. The van der Waals surface area contributed by atoms with Gasteiger partial charge in [-0.3, -0.25) is 9.89 Å². The number of rotatable bonds is 9. The van der Waals surface area contributed by atoms with Gasteiger partial charge in [0.1, 0.15) is 0 Å². The summed E-state index contributed by atoms with van der Waals surface area (Å²) in [7, 11) is -1.35. The molecule has 31 heavy (non-hydrogen) atoms. The van der Waals surface area contributed by atoms with Crippen molar-refractivity contribution in [2.45, 2.75) is 37.6 Å². The SMILES string of the molecule is CN=C(NCCCS(=O)(=O)Cc1ccccc1)NC1CCN(Cc2ccccc2)CC1. The Hall–Kier alpha value is -2.38. The summed E-state index contributed by atoms with van der Waals surface area (Å²) in [5.74, 6) is 1.02. The van der Waals surface area contributed by atoms with Crippen molar-refractivity contribution in [3.05, 3.63) is 71.8 Å². The number of nitrogens with zero attached hydrogens (tertiary/aromatic N) is 2. The lowest BCUT2D eigenvalue weighted by molar-refractivity contribution is 0.198. The molecule has 1 fully saturated rings. The van der Waals surface area contributed by atoms with Gasteiger partial charge in [0.05, 0.1) is 11.5 Å². The smallest absolute Gasteiger partial charge is 0.191 e. The van der Waals surface area contributed by atoms with Crippen molar-refractivity contribution in [1.29, 1.82) is 0 Å². The Morgan fingerprint density at radius 3 is 2.23 bits per heavy atom. The molecule has 2 N–H and O–H groups in total. The molecule has 0 atom stereocenters. The third-order valence-electron chi connectivity index (χ3n) is 5.56. The van der Waals surface area contributed by atoms with Gasteiger partial charge in [0.15, 0.2) is 15.8 Å². The number of piperidine rings is 1. The van der Waals surface area contributed by atoms with E-state index in [4.69, 9.17) is 0 Å². The van der Waals surface area contributed by atoms with Crippen LogP contribution in [0.15, 0.2) is 65.7 Å². The highest BCUT2D eigenvalue weighted by Gasteiger charge is 2.20. The van der Waals surface area contributed by atoms with Crippen LogP contribution in [0.4, 0.5) is 0 Å². The zero-order valence-corrected chi connectivity index (χ0v) is 19.2. The zero-order valence-electron chi connectivity index (χ0n) is 18.3. The highest BCUT2D eigenvalue weighted by molar-refractivity contribution is 7.90.